The molecule has 0 aliphatic carbocycles. The lowest BCUT2D eigenvalue weighted by Gasteiger charge is -2.12. The fourth-order valence-corrected chi connectivity index (χ4v) is 3.77. The van der Waals surface area contributed by atoms with Gasteiger partial charge < -0.3 is 5.11 Å². The predicted octanol–water partition coefficient (Wildman–Crippen LogP) is 4.61. The second-order valence-corrected chi connectivity index (χ2v) is 6.76. The third kappa shape index (κ3) is 2.95. The Hall–Kier alpha value is -2.53. The van der Waals surface area contributed by atoms with E-state index in [1.165, 1.54) is 24.3 Å². The van der Waals surface area contributed by atoms with Crippen molar-refractivity contribution in [1.82, 2.24) is 4.98 Å². The summed E-state index contributed by atoms with van der Waals surface area (Å²) < 4.78 is 13.0. The van der Waals surface area contributed by atoms with Crippen molar-refractivity contribution in [3.05, 3.63) is 69.3 Å². The van der Waals surface area contributed by atoms with Crippen molar-refractivity contribution in [2.75, 3.05) is 0 Å². The molecule has 0 radical (unpaired) electrons. The molecule has 0 amide bonds. The standard InChI is InChI=1S/C19H16FNO2S/c1-10-8-11(2)15(12(3)9-10)16-17(22)21-18(24-19(16)23)13-4-6-14(20)7-5-13/h4-9,23H,1-3H3. The van der Waals surface area contributed by atoms with Crippen LogP contribution in [0.3, 0.4) is 0 Å². The van der Waals surface area contributed by atoms with Gasteiger partial charge in [0.25, 0.3) is 5.56 Å². The van der Waals surface area contributed by atoms with E-state index in [1.807, 2.05) is 32.9 Å². The van der Waals surface area contributed by atoms with Crippen LogP contribution in [0.5, 0.6) is 5.06 Å². The van der Waals surface area contributed by atoms with Crippen LogP contribution in [0, 0.1) is 26.6 Å². The number of aromatic nitrogens is 1. The first-order chi connectivity index (χ1) is 11.4. The zero-order valence-corrected chi connectivity index (χ0v) is 14.4. The van der Waals surface area contributed by atoms with E-state index in [1.54, 1.807) is 0 Å². The molecule has 0 bridgehead atoms. The number of aromatic hydroxyl groups is 1. The molecule has 0 aliphatic rings. The van der Waals surface area contributed by atoms with Crippen molar-refractivity contribution in [2.45, 2.75) is 20.8 Å². The fourth-order valence-electron chi connectivity index (χ4n) is 2.91. The second kappa shape index (κ2) is 6.17. The summed E-state index contributed by atoms with van der Waals surface area (Å²) in [6.07, 6.45) is 0. The van der Waals surface area contributed by atoms with Gasteiger partial charge in [-0.15, -0.1) is 0 Å². The molecular weight excluding hydrogens is 325 g/mol. The average Bonchev–Trinajstić information content (AvgIpc) is 2.49. The van der Waals surface area contributed by atoms with Gasteiger partial charge in [0.05, 0.1) is 0 Å². The third-order valence-corrected chi connectivity index (χ3v) is 4.76. The Balaban J connectivity index is 2.19. The molecular formula is C19H16FNO2S. The van der Waals surface area contributed by atoms with Crippen LogP contribution in [-0.2, 0) is 0 Å². The highest BCUT2D eigenvalue weighted by Crippen LogP contribution is 2.37. The summed E-state index contributed by atoms with van der Waals surface area (Å²) in [5.41, 5.74) is 3.99. The number of halogens is 1. The number of hydrogen-bond donors (Lipinski definition) is 1. The molecule has 0 saturated carbocycles. The average molecular weight is 341 g/mol. The highest BCUT2D eigenvalue weighted by molar-refractivity contribution is 7.16. The van der Waals surface area contributed by atoms with Gasteiger partial charge in [-0.25, -0.2) is 4.39 Å². The first-order valence-corrected chi connectivity index (χ1v) is 8.26. The summed E-state index contributed by atoms with van der Waals surface area (Å²) in [5, 5.41) is 10.7. The highest BCUT2D eigenvalue weighted by atomic mass is 32.1. The van der Waals surface area contributed by atoms with Crippen LogP contribution >= 0.6 is 11.3 Å². The van der Waals surface area contributed by atoms with Crippen molar-refractivity contribution >= 4 is 11.3 Å². The van der Waals surface area contributed by atoms with Crippen LogP contribution in [0.4, 0.5) is 4.39 Å². The number of rotatable bonds is 2. The lowest BCUT2D eigenvalue weighted by atomic mass is 9.95. The minimum Gasteiger partial charge on any atom is -0.499 e. The maximum absolute atomic E-state index is 13.0. The van der Waals surface area contributed by atoms with Crippen molar-refractivity contribution in [1.29, 1.82) is 0 Å². The van der Waals surface area contributed by atoms with Crippen LogP contribution < -0.4 is 5.56 Å². The van der Waals surface area contributed by atoms with Gasteiger partial charge in [0, 0.05) is 5.56 Å². The Labute approximate surface area is 143 Å². The van der Waals surface area contributed by atoms with Gasteiger partial charge in [-0.2, -0.15) is 4.98 Å². The topological polar surface area (TPSA) is 50.2 Å². The summed E-state index contributed by atoms with van der Waals surface area (Å²) in [6, 6.07) is 9.62. The molecule has 3 aromatic rings. The van der Waals surface area contributed by atoms with Crippen molar-refractivity contribution in [3.8, 4) is 26.8 Å². The number of benzene rings is 2. The van der Waals surface area contributed by atoms with E-state index in [2.05, 4.69) is 4.98 Å². The van der Waals surface area contributed by atoms with E-state index in [9.17, 15) is 14.3 Å². The minimum absolute atomic E-state index is 0.0793. The quantitative estimate of drug-likeness (QED) is 0.741. The van der Waals surface area contributed by atoms with Gasteiger partial charge in [0.15, 0.2) is 5.06 Å². The van der Waals surface area contributed by atoms with Crippen LogP contribution in [0.2, 0.25) is 0 Å². The third-order valence-electron chi connectivity index (χ3n) is 3.84. The molecule has 0 unspecified atom stereocenters. The maximum atomic E-state index is 13.0. The molecule has 0 spiro atoms. The van der Waals surface area contributed by atoms with Gasteiger partial charge in [-0.05, 0) is 61.7 Å². The minimum atomic E-state index is -0.486. The molecule has 1 N–H and O–H groups in total. The lowest BCUT2D eigenvalue weighted by molar-refractivity contribution is 0.491. The number of aryl methyl sites for hydroxylation is 3. The van der Waals surface area contributed by atoms with E-state index >= 15 is 0 Å². The largest absolute Gasteiger partial charge is 0.499 e. The van der Waals surface area contributed by atoms with Gasteiger partial charge in [0.2, 0.25) is 0 Å². The van der Waals surface area contributed by atoms with Crippen LogP contribution in [0.25, 0.3) is 21.7 Å². The van der Waals surface area contributed by atoms with E-state index in [0.29, 0.717) is 10.6 Å². The Morgan fingerprint density at radius 2 is 1.58 bits per heavy atom. The molecule has 1 aromatic heterocycles. The first-order valence-electron chi connectivity index (χ1n) is 7.45. The summed E-state index contributed by atoms with van der Waals surface area (Å²) in [5.74, 6) is -0.363. The van der Waals surface area contributed by atoms with Crippen molar-refractivity contribution < 1.29 is 9.50 Å². The van der Waals surface area contributed by atoms with E-state index in [4.69, 9.17) is 0 Å². The van der Waals surface area contributed by atoms with Gasteiger partial charge in [-0.3, -0.25) is 4.79 Å². The molecule has 0 atom stereocenters. The monoisotopic (exact) mass is 341 g/mol. The molecule has 3 rings (SSSR count). The highest BCUT2D eigenvalue weighted by Gasteiger charge is 2.18. The lowest BCUT2D eigenvalue weighted by Crippen LogP contribution is -2.10. The summed E-state index contributed by atoms with van der Waals surface area (Å²) >= 11 is 1.02. The van der Waals surface area contributed by atoms with E-state index < -0.39 is 5.56 Å². The fraction of sp³-hybridized carbons (Fsp3) is 0.158. The van der Waals surface area contributed by atoms with Crippen LogP contribution in [0.15, 0.2) is 41.2 Å². The SMILES string of the molecule is Cc1cc(C)c(-c2c(O)sc(-c3ccc(F)cc3)nc2=O)c(C)c1. The molecule has 0 saturated heterocycles. The molecule has 0 fully saturated rings. The second-order valence-electron chi connectivity index (χ2n) is 5.78. The Morgan fingerprint density at radius 1 is 1.00 bits per heavy atom. The molecule has 24 heavy (non-hydrogen) atoms. The molecule has 2 aromatic carbocycles. The summed E-state index contributed by atoms with van der Waals surface area (Å²) in [7, 11) is 0. The normalized spacial score (nSPS) is 10.8. The Kier molecular flexibility index (Phi) is 4.20. The van der Waals surface area contributed by atoms with Crippen molar-refractivity contribution in [2.24, 2.45) is 0 Å². The Bertz CT molecular complexity index is 955. The molecule has 122 valence electrons. The van der Waals surface area contributed by atoms with Crippen LogP contribution in [0.1, 0.15) is 16.7 Å². The van der Waals surface area contributed by atoms with Crippen molar-refractivity contribution in [3.63, 3.8) is 0 Å². The van der Waals surface area contributed by atoms with E-state index in [0.717, 1.165) is 33.6 Å². The maximum Gasteiger partial charge on any atom is 0.283 e. The number of hydrogen-bond acceptors (Lipinski definition) is 4. The first kappa shape index (κ1) is 16.3. The molecule has 5 heteroatoms. The predicted molar refractivity (Wildman–Crippen MR) is 95.1 cm³/mol. The Morgan fingerprint density at radius 3 is 2.12 bits per heavy atom. The molecule has 1 heterocycles. The summed E-state index contributed by atoms with van der Waals surface area (Å²) in [4.78, 5) is 16.6. The van der Waals surface area contributed by atoms with Gasteiger partial charge in [0.1, 0.15) is 16.4 Å². The van der Waals surface area contributed by atoms with E-state index in [-0.39, 0.29) is 16.4 Å². The molecule has 0 aliphatic heterocycles. The smallest absolute Gasteiger partial charge is 0.283 e. The summed E-state index contributed by atoms with van der Waals surface area (Å²) in [6.45, 7) is 5.81. The van der Waals surface area contributed by atoms with Gasteiger partial charge in [-0.1, -0.05) is 29.0 Å². The van der Waals surface area contributed by atoms with Gasteiger partial charge >= 0.3 is 0 Å². The zero-order chi connectivity index (χ0) is 17.4. The molecule has 3 nitrogen and oxygen atoms in total. The van der Waals surface area contributed by atoms with Crippen LogP contribution in [-0.4, -0.2) is 10.1 Å². The zero-order valence-electron chi connectivity index (χ0n) is 13.6. The number of nitrogens with zero attached hydrogens (tertiary/aromatic N) is 1.